The Bertz CT molecular complexity index is 703. The van der Waals surface area contributed by atoms with Crippen LogP contribution in [-0.2, 0) is 0 Å². The van der Waals surface area contributed by atoms with Crippen LogP contribution in [0.15, 0.2) is 53.6 Å². The number of nitrogens with one attached hydrogen (secondary N) is 1. The normalized spacial score (nSPS) is 11.2. The van der Waals surface area contributed by atoms with E-state index in [-0.39, 0.29) is 5.75 Å². The average Bonchev–Trinajstić information content (AvgIpc) is 2.81. The van der Waals surface area contributed by atoms with Crippen molar-refractivity contribution in [3.8, 4) is 5.75 Å². The minimum absolute atomic E-state index is 0.226. The van der Waals surface area contributed by atoms with Crippen LogP contribution >= 0.6 is 11.3 Å². The zero-order chi connectivity index (χ0) is 13.1. The molecule has 2 aromatic carbocycles. The van der Waals surface area contributed by atoms with Gasteiger partial charge < -0.3 is 5.11 Å². The van der Waals surface area contributed by atoms with Gasteiger partial charge >= 0.3 is 0 Å². The fraction of sp³-hybridized carbons (Fsp3) is 0. The third-order valence-electron chi connectivity index (χ3n) is 2.54. The maximum Gasteiger partial charge on any atom is 0.204 e. The van der Waals surface area contributed by atoms with Crippen molar-refractivity contribution >= 4 is 32.9 Å². The monoisotopic (exact) mass is 269 g/mol. The molecular weight excluding hydrogens is 258 g/mol. The molecule has 5 heteroatoms. The molecule has 0 fully saturated rings. The van der Waals surface area contributed by atoms with Crippen LogP contribution in [0.5, 0.6) is 5.75 Å². The summed E-state index contributed by atoms with van der Waals surface area (Å²) in [6, 6.07) is 14.8. The van der Waals surface area contributed by atoms with Gasteiger partial charge in [-0.15, -0.1) is 0 Å². The van der Waals surface area contributed by atoms with Gasteiger partial charge in [0, 0.05) is 0 Å². The summed E-state index contributed by atoms with van der Waals surface area (Å²) in [6.07, 6.45) is 1.64. The number of para-hydroxylation sites is 1. The van der Waals surface area contributed by atoms with Crippen molar-refractivity contribution in [3.63, 3.8) is 0 Å². The number of hydrogen-bond acceptors (Lipinski definition) is 5. The molecule has 1 aromatic heterocycles. The van der Waals surface area contributed by atoms with Crippen molar-refractivity contribution in [2.45, 2.75) is 0 Å². The second-order valence-electron chi connectivity index (χ2n) is 3.95. The molecule has 0 saturated carbocycles. The van der Waals surface area contributed by atoms with Crippen molar-refractivity contribution in [2.24, 2.45) is 5.10 Å². The zero-order valence-electron chi connectivity index (χ0n) is 9.95. The number of rotatable bonds is 3. The van der Waals surface area contributed by atoms with Crippen LogP contribution in [-0.4, -0.2) is 16.3 Å². The Morgan fingerprint density at radius 1 is 1.16 bits per heavy atom. The molecule has 3 rings (SSSR count). The summed E-state index contributed by atoms with van der Waals surface area (Å²) < 4.78 is 1.12. The van der Waals surface area contributed by atoms with Gasteiger partial charge in [-0.05, 0) is 29.8 Å². The third kappa shape index (κ3) is 2.71. The van der Waals surface area contributed by atoms with E-state index in [2.05, 4.69) is 15.5 Å². The Morgan fingerprint density at radius 2 is 2.05 bits per heavy atom. The molecule has 94 valence electrons. The highest BCUT2D eigenvalue weighted by molar-refractivity contribution is 7.22. The Balaban J connectivity index is 1.75. The lowest BCUT2D eigenvalue weighted by Crippen LogP contribution is -1.89. The number of anilines is 1. The Morgan fingerprint density at radius 3 is 2.89 bits per heavy atom. The van der Waals surface area contributed by atoms with Gasteiger partial charge in [-0.25, -0.2) is 4.98 Å². The lowest BCUT2D eigenvalue weighted by Gasteiger charge is -1.95. The molecule has 1 heterocycles. The molecule has 0 spiro atoms. The lowest BCUT2D eigenvalue weighted by atomic mass is 10.2. The van der Waals surface area contributed by atoms with Crippen LogP contribution in [0.1, 0.15) is 5.56 Å². The Hall–Kier alpha value is -2.40. The number of fused-ring (bicyclic) bond motifs is 1. The van der Waals surface area contributed by atoms with Crippen LogP contribution in [0, 0.1) is 0 Å². The van der Waals surface area contributed by atoms with Gasteiger partial charge in [-0.1, -0.05) is 35.6 Å². The predicted molar refractivity (Wildman–Crippen MR) is 78.9 cm³/mol. The first-order chi connectivity index (χ1) is 9.31. The van der Waals surface area contributed by atoms with E-state index in [4.69, 9.17) is 0 Å². The van der Waals surface area contributed by atoms with Crippen molar-refractivity contribution < 1.29 is 5.11 Å². The highest BCUT2D eigenvalue weighted by Gasteiger charge is 2.00. The molecule has 0 aliphatic carbocycles. The largest absolute Gasteiger partial charge is 0.508 e. The quantitative estimate of drug-likeness (QED) is 0.565. The van der Waals surface area contributed by atoms with Gasteiger partial charge in [0.25, 0.3) is 0 Å². The number of nitrogens with zero attached hydrogens (tertiary/aromatic N) is 2. The number of phenolic OH excluding ortho intramolecular Hbond substituents is 1. The maximum atomic E-state index is 9.33. The van der Waals surface area contributed by atoms with E-state index in [1.54, 1.807) is 35.8 Å². The minimum Gasteiger partial charge on any atom is -0.508 e. The molecule has 0 unspecified atom stereocenters. The number of aromatic hydroxyl groups is 1. The molecule has 3 aromatic rings. The number of hydrazone groups is 1. The van der Waals surface area contributed by atoms with Crippen molar-refractivity contribution in [3.05, 3.63) is 54.1 Å². The van der Waals surface area contributed by atoms with Gasteiger partial charge in [0.05, 0.1) is 16.4 Å². The fourth-order valence-electron chi connectivity index (χ4n) is 1.69. The van der Waals surface area contributed by atoms with Crippen molar-refractivity contribution in [1.29, 1.82) is 0 Å². The highest BCUT2D eigenvalue weighted by atomic mass is 32.1. The van der Waals surface area contributed by atoms with Gasteiger partial charge in [-0.2, -0.15) is 5.10 Å². The summed E-state index contributed by atoms with van der Waals surface area (Å²) in [4.78, 5) is 4.41. The van der Waals surface area contributed by atoms with Crippen LogP contribution in [0.25, 0.3) is 10.2 Å². The summed E-state index contributed by atoms with van der Waals surface area (Å²) in [7, 11) is 0. The van der Waals surface area contributed by atoms with E-state index in [9.17, 15) is 5.11 Å². The smallest absolute Gasteiger partial charge is 0.204 e. The van der Waals surface area contributed by atoms with Crippen LogP contribution in [0.4, 0.5) is 5.13 Å². The first-order valence-corrected chi connectivity index (χ1v) is 6.56. The number of hydrogen-bond donors (Lipinski definition) is 2. The standard InChI is InChI=1S/C14H11N3OS/c18-11-5-3-4-10(8-11)9-15-17-14-16-12-6-1-2-7-13(12)19-14/h1-9,18H,(H,16,17)/b15-9-. The molecule has 0 saturated heterocycles. The molecule has 2 N–H and O–H groups in total. The van der Waals surface area contributed by atoms with Gasteiger partial charge in [0.2, 0.25) is 5.13 Å². The first-order valence-electron chi connectivity index (χ1n) is 5.75. The number of aromatic nitrogens is 1. The molecule has 0 bridgehead atoms. The maximum absolute atomic E-state index is 9.33. The molecule has 19 heavy (non-hydrogen) atoms. The number of thiazole rings is 1. The van der Waals surface area contributed by atoms with Gasteiger partial charge in [0.1, 0.15) is 5.75 Å². The minimum atomic E-state index is 0.226. The van der Waals surface area contributed by atoms with E-state index in [0.29, 0.717) is 0 Å². The van der Waals surface area contributed by atoms with E-state index >= 15 is 0 Å². The number of phenols is 1. The lowest BCUT2D eigenvalue weighted by molar-refractivity contribution is 0.475. The molecule has 0 radical (unpaired) electrons. The molecule has 0 atom stereocenters. The van der Waals surface area contributed by atoms with E-state index in [1.165, 1.54) is 0 Å². The molecular formula is C14H11N3OS. The van der Waals surface area contributed by atoms with Crippen LogP contribution < -0.4 is 5.43 Å². The second kappa shape index (κ2) is 5.07. The van der Waals surface area contributed by atoms with Gasteiger partial charge in [0.15, 0.2) is 0 Å². The average molecular weight is 269 g/mol. The summed E-state index contributed by atoms with van der Waals surface area (Å²) >= 11 is 1.55. The van der Waals surface area contributed by atoms with Crippen molar-refractivity contribution in [2.75, 3.05) is 5.43 Å². The summed E-state index contributed by atoms with van der Waals surface area (Å²) in [5.41, 5.74) is 4.69. The zero-order valence-corrected chi connectivity index (χ0v) is 10.8. The van der Waals surface area contributed by atoms with E-state index < -0.39 is 0 Å². The van der Waals surface area contributed by atoms with E-state index in [0.717, 1.165) is 20.9 Å². The Labute approximate surface area is 114 Å². The molecule has 0 amide bonds. The van der Waals surface area contributed by atoms with Crippen molar-refractivity contribution in [1.82, 2.24) is 4.98 Å². The summed E-state index contributed by atoms with van der Waals surface area (Å²) in [6.45, 7) is 0. The second-order valence-corrected chi connectivity index (χ2v) is 4.98. The third-order valence-corrected chi connectivity index (χ3v) is 3.48. The van der Waals surface area contributed by atoms with Crippen LogP contribution in [0.2, 0.25) is 0 Å². The topological polar surface area (TPSA) is 57.5 Å². The highest BCUT2D eigenvalue weighted by Crippen LogP contribution is 2.25. The molecule has 0 aliphatic heterocycles. The number of benzene rings is 2. The van der Waals surface area contributed by atoms with Gasteiger partial charge in [-0.3, -0.25) is 5.43 Å². The summed E-state index contributed by atoms with van der Waals surface area (Å²) in [5.74, 6) is 0.226. The fourth-order valence-corrected chi connectivity index (χ4v) is 2.50. The Kier molecular flexibility index (Phi) is 3.12. The molecule has 4 nitrogen and oxygen atoms in total. The summed E-state index contributed by atoms with van der Waals surface area (Å²) in [5, 5.41) is 14.2. The van der Waals surface area contributed by atoms with E-state index in [1.807, 2.05) is 30.3 Å². The SMILES string of the molecule is Oc1cccc(/C=N\Nc2nc3ccccc3s2)c1. The predicted octanol–water partition coefficient (Wildman–Crippen LogP) is 3.45. The first kappa shape index (κ1) is 11.7. The van der Waals surface area contributed by atoms with Crippen LogP contribution in [0.3, 0.4) is 0 Å². The molecule has 0 aliphatic rings.